The number of piperidine rings is 1. The molecule has 0 spiro atoms. The fourth-order valence-electron chi connectivity index (χ4n) is 2.56. The molecule has 3 heterocycles. The van der Waals surface area contributed by atoms with E-state index >= 15 is 0 Å². The van der Waals surface area contributed by atoms with Gasteiger partial charge in [0.25, 0.3) is 0 Å². The molecule has 6 nitrogen and oxygen atoms in total. The summed E-state index contributed by atoms with van der Waals surface area (Å²) in [6, 6.07) is 5.54. The lowest BCUT2D eigenvalue weighted by atomic mass is 9.94. The van der Waals surface area contributed by atoms with E-state index in [0.717, 1.165) is 37.4 Å². The van der Waals surface area contributed by atoms with Crippen molar-refractivity contribution in [3.63, 3.8) is 0 Å². The Morgan fingerprint density at radius 1 is 1.38 bits per heavy atom. The Morgan fingerprint density at radius 3 is 2.90 bits per heavy atom. The van der Waals surface area contributed by atoms with Crippen LogP contribution in [-0.4, -0.2) is 33.8 Å². The van der Waals surface area contributed by atoms with E-state index in [1.54, 1.807) is 17.1 Å². The van der Waals surface area contributed by atoms with Gasteiger partial charge in [0.2, 0.25) is 5.91 Å². The second kappa shape index (κ2) is 6.49. The number of nitrogens with zero attached hydrogens (tertiary/aromatic N) is 3. The Kier molecular flexibility index (Phi) is 4.25. The largest absolute Gasteiger partial charge is 0.325 e. The molecule has 21 heavy (non-hydrogen) atoms. The number of amides is 1. The molecule has 1 aliphatic rings. The molecule has 1 aliphatic heterocycles. The molecular formula is C15H19N5O. The molecule has 0 aliphatic carbocycles. The highest BCUT2D eigenvalue weighted by Crippen LogP contribution is 2.17. The lowest BCUT2D eigenvalue weighted by Gasteiger charge is -2.21. The lowest BCUT2D eigenvalue weighted by Crippen LogP contribution is -2.30. The van der Waals surface area contributed by atoms with Crippen LogP contribution < -0.4 is 10.6 Å². The topological polar surface area (TPSA) is 71.8 Å². The molecule has 2 aromatic rings. The molecule has 1 fully saturated rings. The van der Waals surface area contributed by atoms with Crippen molar-refractivity contribution in [1.29, 1.82) is 0 Å². The Hall–Kier alpha value is -2.21. The third kappa shape index (κ3) is 3.66. The van der Waals surface area contributed by atoms with Crippen molar-refractivity contribution in [3.8, 4) is 5.82 Å². The van der Waals surface area contributed by atoms with Crippen LogP contribution in [0.2, 0.25) is 0 Å². The summed E-state index contributed by atoms with van der Waals surface area (Å²) in [6.07, 6.45) is 7.93. The molecule has 1 amide bonds. The van der Waals surface area contributed by atoms with Gasteiger partial charge >= 0.3 is 0 Å². The van der Waals surface area contributed by atoms with Crippen molar-refractivity contribution in [1.82, 2.24) is 20.1 Å². The van der Waals surface area contributed by atoms with Gasteiger partial charge in [0.1, 0.15) is 0 Å². The minimum Gasteiger partial charge on any atom is -0.325 e. The Bertz CT molecular complexity index is 573. The van der Waals surface area contributed by atoms with Crippen LogP contribution in [0.15, 0.2) is 36.8 Å². The van der Waals surface area contributed by atoms with Crippen LogP contribution in [0.1, 0.15) is 19.3 Å². The highest BCUT2D eigenvalue weighted by atomic mass is 16.1. The normalized spacial score (nSPS) is 15.8. The number of pyridine rings is 1. The highest BCUT2D eigenvalue weighted by Gasteiger charge is 2.16. The van der Waals surface area contributed by atoms with E-state index in [0.29, 0.717) is 12.3 Å². The van der Waals surface area contributed by atoms with Gasteiger partial charge < -0.3 is 10.6 Å². The highest BCUT2D eigenvalue weighted by molar-refractivity contribution is 5.90. The second-order valence-electron chi connectivity index (χ2n) is 5.30. The molecule has 0 saturated carbocycles. The molecular weight excluding hydrogens is 266 g/mol. The third-order valence-electron chi connectivity index (χ3n) is 3.70. The summed E-state index contributed by atoms with van der Waals surface area (Å²) in [7, 11) is 0. The van der Waals surface area contributed by atoms with Gasteiger partial charge in [-0.3, -0.25) is 4.79 Å². The quantitative estimate of drug-likeness (QED) is 0.895. The summed E-state index contributed by atoms with van der Waals surface area (Å²) in [5, 5.41) is 10.3. The van der Waals surface area contributed by atoms with Crippen molar-refractivity contribution in [2.45, 2.75) is 19.3 Å². The number of anilines is 1. The maximum Gasteiger partial charge on any atom is 0.224 e. The molecule has 2 N–H and O–H groups in total. The van der Waals surface area contributed by atoms with Gasteiger partial charge in [-0.15, -0.1) is 0 Å². The van der Waals surface area contributed by atoms with Crippen LogP contribution in [-0.2, 0) is 4.79 Å². The third-order valence-corrected chi connectivity index (χ3v) is 3.70. The molecule has 0 radical (unpaired) electrons. The Balaban J connectivity index is 1.56. The molecule has 0 bridgehead atoms. The first-order valence-corrected chi connectivity index (χ1v) is 7.28. The van der Waals surface area contributed by atoms with Gasteiger partial charge in [-0.05, 0) is 50.0 Å². The number of nitrogens with one attached hydrogen (secondary N) is 2. The average molecular weight is 285 g/mol. The van der Waals surface area contributed by atoms with Crippen molar-refractivity contribution >= 4 is 11.6 Å². The summed E-state index contributed by atoms with van der Waals surface area (Å²) in [5.74, 6) is 1.29. The van der Waals surface area contributed by atoms with E-state index in [1.807, 2.05) is 24.4 Å². The standard InChI is InChI=1S/C15H19N5O/c21-15(10-12-4-7-16-8-5-12)19-13-2-3-14(17-11-13)20-9-1-6-18-20/h1-3,6,9,11-12,16H,4-5,7-8,10H2,(H,19,21). The molecule has 0 aromatic carbocycles. The summed E-state index contributed by atoms with van der Waals surface area (Å²) in [5.41, 5.74) is 0.727. The molecule has 3 rings (SSSR count). The van der Waals surface area contributed by atoms with Crippen LogP contribution in [0.5, 0.6) is 0 Å². The first kappa shape index (κ1) is 13.8. The fourth-order valence-corrected chi connectivity index (χ4v) is 2.56. The van der Waals surface area contributed by atoms with Gasteiger partial charge in [-0.1, -0.05) is 0 Å². The average Bonchev–Trinajstić information content (AvgIpc) is 3.03. The van der Waals surface area contributed by atoms with Crippen molar-refractivity contribution < 1.29 is 4.79 Å². The lowest BCUT2D eigenvalue weighted by molar-refractivity contribution is -0.117. The van der Waals surface area contributed by atoms with E-state index in [4.69, 9.17) is 0 Å². The van der Waals surface area contributed by atoms with Crippen LogP contribution in [0.4, 0.5) is 5.69 Å². The predicted molar refractivity (Wildman–Crippen MR) is 80.2 cm³/mol. The molecule has 1 saturated heterocycles. The van der Waals surface area contributed by atoms with Gasteiger partial charge in [-0.2, -0.15) is 5.10 Å². The zero-order chi connectivity index (χ0) is 14.5. The second-order valence-corrected chi connectivity index (χ2v) is 5.30. The van der Waals surface area contributed by atoms with E-state index in [9.17, 15) is 4.79 Å². The number of carbonyl (C=O) groups is 1. The first-order chi connectivity index (χ1) is 10.3. The summed E-state index contributed by atoms with van der Waals surface area (Å²) >= 11 is 0. The van der Waals surface area contributed by atoms with E-state index in [1.165, 1.54) is 0 Å². The molecule has 110 valence electrons. The van der Waals surface area contributed by atoms with Crippen LogP contribution >= 0.6 is 0 Å². The molecule has 0 unspecified atom stereocenters. The van der Waals surface area contributed by atoms with E-state index in [-0.39, 0.29) is 5.91 Å². The van der Waals surface area contributed by atoms with Crippen molar-refractivity contribution in [2.75, 3.05) is 18.4 Å². The molecule has 0 atom stereocenters. The van der Waals surface area contributed by atoms with E-state index < -0.39 is 0 Å². The number of carbonyl (C=O) groups excluding carboxylic acids is 1. The number of rotatable bonds is 4. The van der Waals surface area contributed by atoms with E-state index in [2.05, 4.69) is 20.7 Å². The monoisotopic (exact) mass is 285 g/mol. The number of aromatic nitrogens is 3. The number of hydrogen-bond acceptors (Lipinski definition) is 4. The van der Waals surface area contributed by atoms with Gasteiger partial charge in [0, 0.05) is 18.8 Å². The van der Waals surface area contributed by atoms with Crippen LogP contribution in [0, 0.1) is 5.92 Å². The molecule has 6 heteroatoms. The predicted octanol–water partition coefficient (Wildman–Crippen LogP) is 1.60. The minimum absolute atomic E-state index is 0.0653. The summed E-state index contributed by atoms with van der Waals surface area (Å²) in [6.45, 7) is 2.02. The zero-order valence-corrected chi connectivity index (χ0v) is 11.8. The van der Waals surface area contributed by atoms with Crippen molar-refractivity contribution in [3.05, 3.63) is 36.8 Å². The smallest absolute Gasteiger partial charge is 0.224 e. The maximum atomic E-state index is 12.0. The first-order valence-electron chi connectivity index (χ1n) is 7.28. The Labute approximate surface area is 123 Å². The Morgan fingerprint density at radius 2 is 2.24 bits per heavy atom. The van der Waals surface area contributed by atoms with Crippen molar-refractivity contribution in [2.24, 2.45) is 5.92 Å². The minimum atomic E-state index is 0.0653. The molecule has 2 aromatic heterocycles. The summed E-state index contributed by atoms with van der Waals surface area (Å²) < 4.78 is 1.68. The van der Waals surface area contributed by atoms with Gasteiger partial charge in [-0.25, -0.2) is 9.67 Å². The SMILES string of the molecule is O=C(CC1CCNCC1)Nc1ccc(-n2cccn2)nc1. The van der Waals surface area contributed by atoms with Crippen LogP contribution in [0.3, 0.4) is 0 Å². The zero-order valence-electron chi connectivity index (χ0n) is 11.8. The maximum absolute atomic E-state index is 12.0. The van der Waals surface area contributed by atoms with Gasteiger partial charge in [0.15, 0.2) is 5.82 Å². The number of hydrogen-bond donors (Lipinski definition) is 2. The fraction of sp³-hybridized carbons (Fsp3) is 0.400. The van der Waals surface area contributed by atoms with Gasteiger partial charge in [0.05, 0.1) is 11.9 Å². The summed E-state index contributed by atoms with van der Waals surface area (Å²) in [4.78, 5) is 16.3. The van der Waals surface area contributed by atoms with Crippen LogP contribution in [0.25, 0.3) is 5.82 Å².